The summed E-state index contributed by atoms with van der Waals surface area (Å²) >= 11 is 0. The predicted octanol–water partition coefficient (Wildman–Crippen LogP) is 3.36. The third-order valence-corrected chi connectivity index (χ3v) is 6.18. The van der Waals surface area contributed by atoms with Crippen molar-refractivity contribution in [2.24, 2.45) is 0 Å². The lowest BCUT2D eigenvalue weighted by Gasteiger charge is -2.34. The third-order valence-electron chi connectivity index (χ3n) is 6.18. The van der Waals surface area contributed by atoms with Crippen molar-refractivity contribution < 1.29 is 13.6 Å². The topological polar surface area (TPSA) is 102 Å². The molecule has 2 aromatic heterocycles. The maximum Gasteiger partial charge on any atom is 0.333 e. The first kappa shape index (κ1) is 20.5. The van der Waals surface area contributed by atoms with Crippen molar-refractivity contribution in [2.75, 3.05) is 24.6 Å². The molecule has 1 fully saturated rings. The number of halogens is 2. The summed E-state index contributed by atoms with van der Waals surface area (Å²) in [7, 11) is 2.13. The summed E-state index contributed by atoms with van der Waals surface area (Å²) in [5.41, 5.74) is 11.5. The fourth-order valence-corrected chi connectivity index (χ4v) is 4.80. The first-order valence-corrected chi connectivity index (χ1v) is 10.3. The molecule has 0 atom stereocenters. The van der Waals surface area contributed by atoms with Gasteiger partial charge in [-0.1, -0.05) is 0 Å². The Bertz CT molecular complexity index is 1220. The number of hydrogen-bond donors (Lipinski definition) is 2. The van der Waals surface area contributed by atoms with E-state index in [1.807, 2.05) is 0 Å². The van der Waals surface area contributed by atoms with Gasteiger partial charge in [0.1, 0.15) is 0 Å². The average Bonchev–Trinajstić information content (AvgIpc) is 3.30. The van der Waals surface area contributed by atoms with Gasteiger partial charge in [-0.2, -0.15) is 13.9 Å². The number of amides is 1. The highest BCUT2D eigenvalue weighted by molar-refractivity contribution is 6.05. The van der Waals surface area contributed by atoms with Gasteiger partial charge >= 0.3 is 6.55 Å². The zero-order valence-corrected chi connectivity index (χ0v) is 17.8. The van der Waals surface area contributed by atoms with Crippen molar-refractivity contribution in [3.05, 3.63) is 53.1 Å². The highest BCUT2D eigenvalue weighted by Crippen LogP contribution is 2.53. The Morgan fingerprint density at radius 3 is 2.75 bits per heavy atom. The summed E-state index contributed by atoms with van der Waals surface area (Å²) in [4.78, 5) is 23.7. The number of fused-ring (bicyclic) bond motifs is 2. The molecule has 32 heavy (non-hydrogen) atoms. The number of nitrogens with two attached hydrogens (primary N) is 1. The van der Waals surface area contributed by atoms with Gasteiger partial charge in [0.2, 0.25) is 0 Å². The molecule has 5 rings (SSSR count). The Hall–Kier alpha value is -3.40. The van der Waals surface area contributed by atoms with E-state index >= 15 is 0 Å². The molecule has 2 aliphatic rings. The lowest BCUT2D eigenvalue weighted by atomic mass is 9.82. The number of aryl methyl sites for hydroxylation is 1. The molecule has 1 amide bonds. The number of anilines is 2. The predicted molar refractivity (Wildman–Crippen MR) is 115 cm³/mol. The van der Waals surface area contributed by atoms with E-state index in [0.717, 1.165) is 31.0 Å². The molecule has 3 heterocycles. The van der Waals surface area contributed by atoms with E-state index in [1.54, 1.807) is 6.20 Å². The summed E-state index contributed by atoms with van der Waals surface area (Å²) in [6.07, 6.45) is 6.13. The van der Waals surface area contributed by atoms with Gasteiger partial charge in [-0.15, -0.1) is 0 Å². The van der Waals surface area contributed by atoms with E-state index in [1.165, 1.54) is 29.5 Å². The number of rotatable bonds is 4. The molecule has 8 nitrogen and oxygen atoms in total. The van der Waals surface area contributed by atoms with Crippen LogP contribution in [0.4, 0.5) is 20.3 Å². The van der Waals surface area contributed by atoms with Crippen LogP contribution in [0.15, 0.2) is 30.7 Å². The fraction of sp³-hybridized carbons (Fsp3) is 0.364. The van der Waals surface area contributed by atoms with E-state index in [2.05, 4.69) is 51.4 Å². The minimum absolute atomic E-state index is 0.0427. The molecule has 1 saturated carbocycles. The standard InChI is InChI=1S/C22H23F2N7O/c1-12-5-13(6-14-9-30(2)11-22(3-4-22)17(12)14)16-8-26-19(25)18(29-16)20(32)28-15-7-27-31(10-15)21(23)24/h5-8,10,21H,3-4,9,11H2,1-2H3,(H2,25,26)(H,28,32). The maximum absolute atomic E-state index is 12.7. The quantitative estimate of drug-likeness (QED) is 0.646. The molecular weight excluding hydrogens is 416 g/mol. The molecule has 1 aliphatic carbocycles. The monoisotopic (exact) mass is 439 g/mol. The number of carbonyl (C=O) groups excluding carboxylic acids is 1. The second kappa shape index (κ2) is 7.33. The van der Waals surface area contributed by atoms with Crippen LogP contribution in [0.3, 0.4) is 0 Å². The second-order valence-electron chi connectivity index (χ2n) is 8.71. The smallest absolute Gasteiger partial charge is 0.333 e. The van der Waals surface area contributed by atoms with Crippen molar-refractivity contribution in [1.29, 1.82) is 0 Å². The van der Waals surface area contributed by atoms with Crippen molar-refractivity contribution >= 4 is 17.4 Å². The van der Waals surface area contributed by atoms with E-state index in [-0.39, 0.29) is 22.6 Å². The highest BCUT2D eigenvalue weighted by Gasteiger charge is 2.49. The number of nitrogens with zero attached hydrogens (tertiary/aromatic N) is 5. The first-order chi connectivity index (χ1) is 15.3. The van der Waals surface area contributed by atoms with Gasteiger partial charge in [-0.3, -0.25) is 4.79 Å². The van der Waals surface area contributed by atoms with E-state index in [0.29, 0.717) is 10.4 Å². The lowest BCUT2D eigenvalue weighted by molar-refractivity contribution is 0.0566. The Labute approximate surface area is 183 Å². The number of likely N-dealkylation sites (N-methyl/N-ethyl adjacent to an activating group) is 1. The molecule has 0 saturated heterocycles. The Balaban J connectivity index is 1.47. The number of carbonyl (C=O) groups is 1. The molecule has 166 valence electrons. The molecule has 1 aliphatic heterocycles. The van der Waals surface area contributed by atoms with E-state index < -0.39 is 12.5 Å². The molecule has 1 aromatic carbocycles. The average molecular weight is 439 g/mol. The zero-order valence-electron chi connectivity index (χ0n) is 17.8. The second-order valence-corrected chi connectivity index (χ2v) is 8.71. The summed E-state index contributed by atoms with van der Waals surface area (Å²) in [6, 6.07) is 4.20. The van der Waals surface area contributed by atoms with Gasteiger partial charge in [0, 0.05) is 24.1 Å². The molecule has 0 bridgehead atoms. The van der Waals surface area contributed by atoms with Crippen LogP contribution in [-0.4, -0.2) is 44.1 Å². The van der Waals surface area contributed by atoms with Crippen LogP contribution in [0.25, 0.3) is 11.3 Å². The van der Waals surface area contributed by atoms with Crippen molar-refractivity contribution in [1.82, 2.24) is 24.6 Å². The minimum atomic E-state index is -2.80. The summed E-state index contributed by atoms with van der Waals surface area (Å²) < 4.78 is 25.9. The highest BCUT2D eigenvalue weighted by atomic mass is 19.3. The summed E-state index contributed by atoms with van der Waals surface area (Å²) in [6.45, 7) is 1.26. The minimum Gasteiger partial charge on any atom is -0.382 e. The number of nitrogens with one attached hydrogen (secondary N) is 1. The van der Waals surface area contributed by atoms with Crippen molar-refractivity contribution in [3.8, 4) is 11.3 Å². The number of benzene rings is 1. The third kappa shape index (κ3) is 3.50. The number of aromatic nitrogens is 4. The maximum atomic E-state index is 12.7. The van der Waals surface area contributed by atoms with Crippen LogP contribution in [0, 0.1) is 6.92 Å². The van der Waals surface area contributed by atoms with Crippen LogP contribution < -0.4 is 11.1 Å². The largest absolute Gasteiger partial charge is 0.382 e. The normalized spacial score (nSPS) is 16.9. The van der Waals surface area contributed by atoms with Gasteiger partial charge in [0.25, 0.3) is 5.91 Å². The van der Waals surface area contributed by atoms with Gasteiger partial charge in [0.05, 0.1) is 30.0 Å². The van der Waals surface area contributed by atoms with Gasteiger partial charge < -0.3 is 16.0 Å². The van der Waals surface area contributed by atoms with Crippen molar-refractivity contribution in [2.45, 2.75) is 38.3 Å². The lowest BCUT2D eigenvalue weighted by Crippen LogP contribution is -2.35. The number of alkyl halides is 2. The van der Waals surface area contributed by atoms with Crippen LogP contribution in [0.2, 0.25) is 0 Å². The van der Waals surface area contributed by atoms with Crippen LogP contribution in [0.1, 0.15) is 46.6 Å². The first-order valence-electron chi connectivity index (χ1n) is 10.3. The summed E-state index contributed by atoms with van der Waals surface area (Å²) in [5.74, 6) is -0.684. The molecule has 3 N–H and O–H groups in total. The van der Waals surface area contributed by atoms with Crippen LogP contribution in [-0.2, 0) is 12.0 Å². The van der Waals surface area contributed by atoms with Crippen molar-refractivity contribution in [3.63, 3.8) is 0 Å². The Kier molecular flexibility index (Phi) is 4.70. The van der Waals surface area contributed by atoms with E-state index in [4.69, 9.17) is 5.73 Å². The Morgan fingerprint density at radius 2 is 2.06 bits per heavy atom. The molecule has 0 radical (unpaired) electrons. The molecule has 3 aromatic rings. The van der Waals surface area contributed by atoms with Crippen LogP contribution in [0.5, 0.6) is 0 Å². The molecular formula is C22H23F2N7O. The summed E-state index contributed by atoms with van der Waals surface area (Å²) in [5, 5.41) is 6.00. The fourth-order valence-electron chi connectivity index (χ4n) is 4.80. The number of nitrogen functional groups attached to an aromatic ring is 1. The van der Waals surface area contributed by atoms with Crippen LogP contribution >= 0.6 is 0 Å². The molecule has 1 spiro atoms. The SMILES string of the molecule is Cc1cc(-c2cnc(N)c(C(=O)Nc3cnn(C(F)F)c3)n2)cc2c1C1(CC1)CN(C)C2. The zero-order chi connectivity index (χ0) is 22.6. The van der Waals surface area contributed by atoms with Gasteiger partial charge in [-0.25, -0.2) is 14.6 Å². The Morgan fingerprint density at radius 1 is 1.28 bits per heavy atom. The van der Waals surface area contributed by atoms with E-state index in [9.17, 15) is 13.6 Å². The van der Waals surface area contributed by atoms with Gasteiger partial charge in [-0.05, 0) is 55.6 Å². The number of hydrogen-bond acceptors (Lipinski definition) is 6. The molecule has 0 unspecified atom stereocenters. The van der Waals surface area contributed by atoms with Gasteiger partial charge in [0.15, 0.2) is 11.5 Å². The molecule has 10 heteroatoms.